The van der Waals surface area contributed by atoms with Gasteiger partial charge < -0.3 is 17.8 Å². The van der Waals surface area contributed by atoms with Crippen LogP contribution in [0.5, 0.6) is 0 Å². The standard InChI is InChI=1S/C66H39NO3/c1-4-18-60-51(10-1)53-16-7-14-49(65(53)69-60)43-26-22-40(23-27-43)45-32-36-58-56(38-45)57-39-46(41-24-28-44(29-25-41)50-15-8-17-54-52-11-2-5-19-61(52)70-66(50)54)33-37-59(57)67(58)47-34-30-42(31-35-47)48-13-9-21-63-64(48)55-12-3-6-20-62(55)68-63/h1-39H. The summed E-state index contributed by atoms with van der Waals surface area (Å²) in [5.74, 6) is 0. The van der Waals surface area contributed by atoms with Crippen LogP contribution in [0.15, 0.2) is 250 Å². The van der Waals surface area contributed by atoms with Crippen LogP contribution in [0, 0.1) is 0 Å². The van der Waals surface area contributed by atoms with E-state index in [-0.39, 0.29) is 0 Å². The first-order valence-corrected chi connectivity index (χ1v) is 23.8. The predicted molar refractivity (Wildman–Crippen MR) is 290 cm³/mol. The number of benzene rings is 11. The molecule has 0 amide bonds. The predicted octanol–water partition coefficient (Wildman–Crippen LogP) is 18.8. The molecule has 15 aromatic rings. The minimum absolute atomic E-state index is 0.896. The monoisotopic (exact) mass is 893 g/mol. The van der Waals surface area contributed by atoms with E-state index in [2.05, 4.69) is 205 Å². The van der Waals surface area contributed by atoms with E-state index < -0.39 is 0 Å². The number of aromatic nitrogens is 1. The smallest absolute Gasteiger partial charge is 0.143 e. The number of nitrogens with zero attached hydrogens (tertiary/aromatic N) is 1. The van der Waals surface area contributed by atoms with Gasteiger partial charge in [0.1, 0.15) is 33.5 Å². The summed E-state index contributed by atoms with van der Waals surface area (Å²) in [7, 11) is 0. The molecule has 70 heavy (non-hydrogen) atoms. The Morgan fingerprint density at radius 3 is 1.17 bits per heavy atom. The maximum atomic E-state index is 6.42. The zero-order valence-corrected chi connectivity index (χ0v) is 37.7. The Kier molecular flexibility index (Phi) is 8.33. The molecule has 0 fully saturated rings. The summed E-state index contributed by atoms with van der Waals surface area (Å²) in [6, 6.07) is 84.6. The molecule has 4 aromatic heterocycles. The van der Waals surface area contributed by atoms with Gasteiger partial charge in [-0.3, -0.25) is 0 Å². The molecule has 4 nitrogen and oxygen atoms in total. The molecule has 0 unspecified atom stereocenters. The lowest BCUT2D eigenvalue weighted by Gasteiger charge is -2.11. The van der Waals surface area contributed by atoms with Crippen molar-refractivity contribution < 1.29 is 13.3 Å². The highest BCUT2D eigenvalue weighted by molar-refractivity contribution is 6.14. The summed E-state index contributed by atoms with van der Waals surface area (Å²) < 4.78 is 21.5. The fraction of sp³-hybridized carbons (Fsp3) is 0. The summed E-state index contributed by atoms with van der Waals surface area (Å²) in [6.45, 7) is 0. The van der Waals surface area contributed by atoms with E-state index >= 15 is 0 Å². The van der Waals surface area contributed by atoms with Crippen molar-refractivity contribution in [2.75, 3.05) is 0 Å². The van der Waals surface area contributed by atoms with Crippen molar-refractivity contribution >= 4 is 87.6 Å². The molecule has 0 aliphatic heterocycles. The van der Waals surface area contributed by atoms with Gasteiger partial charge in [0.05, 0.1) is 11.0 Å². The lowest BCUT2D eigenvalue weighted by Crippen LogP contribution is -1.94. The Hall–Kier alpha value is -9.38. The molecule has 11 aromatic carbocycles. The molecular formula is C66H39NO3. The molecule has 0 aliphatic carbocycles. The number of furan rings is 3. The third-order valence-corrected chi connectivity index (χ3v) is 14.5. The molecule has 0 atom stereocenters. The molecule has 326 valence electrons. The fourth-order valence-electron chi connectivity index (χ4n) is 11.1. The summed E-state index contributed by atoms with van der Waals surface area (Å²) in [5, 5.41) is 9.19. The molecule has 0 N–H and O–H groups in total. The van der Waals surface area contributed by atoms with Gasteiger partial charge in [0, 0.05) is 59.9 Å². The van der Waals surface area contributed by atoms with Crippen LogP contribution >= 0.6 is 0 Å². The Labute approximate surface area is 401 Å². The number of hydrogen-bond donors (Lipinski definition) is 0. The van der Waals surface area contributed by atoms with Gasteiger partial charge in [-0.1, -0.05) is 176 Å². The first-order chi connectivity index (χ1) is 34.7. The third-order valence-electron chi connectivity index (χ3n) is 14.5. The van der Waals surface area contributed by atoms with E-state index in [0.29, 0.717) is 0 Å². The molecule has 4 heteroatoms. The SMILES string of the molecule is c1ccc2c(c1)oc1c(-c3ccc(-c4ccc5c(c4)c4cc(-c6ccc(-c7cccc8c7oc7ccccc78)cc6)ccc4n5-c4ccc(-c5cccc6oc7ccccc7c56)cc4)cc3)cccc12. The molecule has 0 radical (unpaired) electrons. The van der Waals surface area contributed by atoms with Crippen LogP contribution in [0.1, 0.15) is 0 Å². The maximum absolute atomic E-state index is 6.42. The van der Waals surface area contributed by atoms with Crippen LogP contribution in [-0.2, 0) is 0 Å². The Morgan fingerprint density at radius 1 is 0.243 bits per heavy atom. The first kappa shape index (κ1) is 38.7. The van der Waals surface area contributed by atoms with Gasteiger partial charge in [-0.15, -0.1) is 0 Å². The topological polar surface area (TPSA) is 44.4 Å². The zero-order chi connectivity index (χ0) is 45.9. The van der Waals surface area contributed by atoms with Crippen molar-refractivity contribution in [2.45, 2.75) is 0 Å². The average Bonchev–Trinajstić information content (AvgIpc) is 4.20. The summed E-state index contributed by atoms with van der Waals surface area (Å²) in [5.41, 5.74) is 20.2. The van der Waals surface area contributed by atoms with E-state index in [9.17, 15) is 0 Å². The lowest BCUT2D eigenvalue weighted by atomic mass is 9.97. The molecule has 4 heterocycles. The largest absolute Gasteiger partial charge is 0.456 e. The normalized spacial score (nSPS) is 12.0. The van der Waals surface area contributed by atoms with Crippen molar-refractivity contribution in [3.63, 3.8) is 0 Å². The number of rotatable bonds is 6. The van der Waals surface area contributed by atoms with Crippen LogP contribution in [0.2, 0.25) is 0 Å². The van der Waals surface area contributed by atoms with E-state index in [1.807, 2.05) is 36.4 Å². The van der Waals surface area contributed by atoms with Gasteiger partial charge in [-0.25, -0.2) is 0 Å². The van der Waals surface area contributed by atoms with Gasteiger partial charge in [0.25, 0.3) is 0 Å². The van der Waals surface area contributed by atoms with Crippen LogP contribution in [0.3, 0.4) is 0 Å². The quantitative estimate of drug-likeness (QED) is 0.167. The number of para-hydroxylation sites is 5. The van der Waals surface area contributed by atoms with Crippen molar-refractivity contribution in [3.05, 3.63) is 237 Å². The summed E-state index contributed by atoms with van der Waals surface area (Å²) >= 11 is 0. The van der Waals surface area contributed by atoms with Crippen LogP contribution < -0.4 is 0 Å². The highest BCUT2D eigenvalue weighted by atomic mass is 16.3. The zero-order valence-electron chi connectivity index (χ0n) is 37.7. The Balaban J connectivity index is 0.845. The minimum Gasteiger partial charge on any atom is -0.456 e. The van der Waals surface area contributed by atoms with Crippen molar-refractivity contribution in [1.29, 1.82) is 0 Å². The van der Waals surface area contributed by atoms with Crippen molar-refractivity contribution in [3.8, 4) is 61.3 Å². The van der Waals surface area contributed by atoms with Crippen molar-refractivity contribution in [1.82, 2.24) is 4.57 Å². The van der Waals surface area contributed by atoms with Gasteiger partial charge in [-0.2, -0.15) is 0 Å². The van der Waals surface area contributed by atoms with Crippen LogP contribution in [-0.4, -0.2) is 4.57 Å². The maximum Gasteiger partial charge on any atom is 0.143 e. The van der Waals surface area contributed by atoms with E-state index in [0.717, 1.165) is 138 Å². The van der Waals surface area contributed by atoms with Crippen LogP contribution in [0.25, 0.3) is 149 Å². The van der Waals surface area contributed by atoms with Gasteiger partial charge >= 0.3 is 0 Å². The van der Waals surface area contributed by atoms with Crippen molar-refractivity contribution in [2.24, 2.45) is 0 Å². The number of hydrogen-bond acceptors (Lipinski definition) is 3. The second-order valence-corrected chi connectivity index (χ2v) is 18.3. The molecule has 0 spiro atoms. The molecule has 0 saturated carbocycles. The second-order valence-electron chi connectivity index (χ2n) is 18.3. The second kappa shape index (κ2) is 15.1. The highest BCUT2D eigenvalue weighted by Crippen LogP contribution is 2.42. The Bertz CT molecular complexity index is 4350. The fourth-order valence-corrected chi connectivity index (χ4v) is 11.1. The average molecular weight is 894 g/mol. The van der Waals surface area contributed by atoms with E-state index in [4.69, 9.17) is 13.3 Å². The third kappa shape index (κ3) is 5.90. The molecule has 0 bridgehead atoms. The lowest BCUT2D eigenvalue weighted by molar-refractivity contribution is 0.669. The van der Waals surface area contributed by atoms with E-state index in [1.165, 1.54) is 10.8 Å². The molecule has 0 saturated heterocycles. The van der Waals surface area contributed by atoms with Gasteiger partial charge in [0.15, 0.2) is 0 Å². The van der Waals surface area contributed by atoms with Gasteiger partial charge in [0.2, 0.25) is 0 Å². The Morgan fingerprint density at radius 2 is 0.629 bits per heavy atom. The number of fused-ring (bicyclic) bond motifs is 12. The van der Waals surface area contributed by atoms with E-state index in [1.54, 1.807) is 0 Å². The minimum atomic E-state index is 0.896. The summed E-state index contributed by atoms with van der Waals surface area (Å²) in [4.78, 5) is 0. The first-order valence-electron chi connectivity index (χ1n) is 23.8. The molecule has 0 aliphatic rings. The highest BCUT2D eigenvalue weighted by Gasteiger charge is 2.19. The summed E-state index contributed by atoms with van der Waals surface area (Å²) in [6.07, 6.45) is 0. The molecule has 15 rings (SSSR count). The molecular weight excluding hydrogens is 855 g/mol. The van der Waals surface area contributed by atoms with Crippen LogP contribution in [0.4, 0.5) is 0 Å². The van der Waals surface area contributed by atoms with Gasteiger partial charge in [-0.05, 0) is 105 Å².